The smallest absolute Gasteiger partial charge is 0.345 e. The summed E-state index contributed by atoms with van der Waals surface area (Å²) in [7, 11) is 0. The SMILES string of the molecule is CCCCCC[C@H](C)CC(C)=C[C@@H](C)C=C(C)C=C[C@H](O)C(C)(C)c1cc(O)c([C@@H]2O[C@H](CO)C[C@H](O)[C@H]2O)c(=O)o1. The van der Waals surface area contributed by atoms with Gasteiger partial charge in [-0.15, -0.1) is 0 Å². The first kappa shape index (κ1) is 36.0. The van der Waals surface area contributed by atoms with E-state index in [4.69, 9.17) is 9.15 Å². The molecule has 7 atom stereocenters. The minimum absolute atomic E-state index is 0.00909. The molecule has 8 nitrogen and oxygen atoms in total. The molecule has 1 saturated heterocycles. The van der Waals surface area contributed by atoms with Crippen LogP contribution in [0.3, 0.4) is 0 Å². The number of rotatable bonds is 15. The lowest BCUT2D eigenvalue weighted by molar-refractivity contribution is -0.180. The molecule has 42 heavy (non-hydrogen) atoms. The minimum Gasteiger partial charge on any atom is -0.507 e. The molecule has 8 heteroatoms. The van der Waals surface area contributed by atoms with Crippen LogP contribution in [0.1, 0.15) is 111 Å². The van der Waals surface area contributed by atoms with Crippen molar-refractivity contribution in [3.63, 3.8) is 0 Å². The Morgan fingerprint density at radius 1 is 1.14 bits per heavy atom. The van der Waals surface area contributed by atoms with E-state index in [2.05, 4.69) is 39.8 Å². The minimum atomic E-state index is -1.48. The van der Waals surface area contributed by atoms with Crippen LogP contribution in [0.4, 0.5) is 0 Å². The fourth-order valence-corrected chi connectivity index (χ4v) is 5.62. The van der Waals surface area contributed by atoms with Gasteiger partial charge < -0.3 is 34.7 Å². The summed E-state index contributed by atoms with van der Waals surface area (Å²) in [5, 5.41) is 51.7. The Hall–Kier alpha value is -2.23. The van der Waals surface area contributed by atoms with E-state index in [0.29, 0.717) is 5.92 Å². The molecule has 0 aromatic carbocycles. The van der Waals surface area contributed by atoms with Crippen LogP contribution in [0.25, 0.3) is 0 Å². The van der Waals surface area contributed by atoms with Crippen LogP contribution in [0.5, 0.6) is 5.75 Å². The van der Waals surface area contributed by atoms with E-state index in [9.17, 15) is 30.3 Å². The highest BCUT2D eigenvalue weighted by atomic mass is 16.5. The molecule has 0 spiro atoms. The first-order valence-electron chi connectivity index (χ1n) is 15.4. The van der Waals surface area contributed by atoms with E-state index in [1.165, 1.54) is 43.7 Å². The molecule has 5 N–H and O–H groups in total. The molecule has 0 unspecified atom stereocenters. The van der Waals surface area contributed by atoms with Crippen molar-refractivity contribution in [2.75, 3.05) is 6.61 Å². The highest BCUT2D eigenvalue weighted by Gasteiger charge is 2.41. The average Bonchev–Trinajstić information content (AvgIpc) is 2.91. The Bertz CT molecular complexity index is 1130. The number of aliphatic hydroxyl groups is 4. The van der Waals surface area contributed by atoms with Gasteiger partial charge in [-0.25, -0.2) is 4.79 Å². The third kappa shape index (κ3) is 10.2. The van der Waals surface area contributed by atoms with Crippen LogP contribution < -0.4 is 5.63 Å². The molecule has 238 valence electrons. The van der Waals surface area contributed by atoms with E-state index in [1.807, 2.05) is 13.0 Å². The third-order valence-corrected chi connectivity index (χ3v) is 8.21. The second-order valence-electron chi connectivity index (χ2n) is 12.8. The number of ether oxygens (including phenoxy) is 1. The first-order valence-corrected chi connectivity index (χ1v) is 15.4. The Morgan fingerprint density at radius 2 is 1.83 bits per heavy atom. The molecular formula is C34H54O8. The van der Waals surface area contributed by atoms with Gasteiger partial charge in [-0.05, 0) is 46.0 Å². The van der Waals surface area contributed by atoms with Gasteiger partial charge in [0.15, 0.2) is 0 Å². The van der Waals surface area contributed by atoms with Crippen molar-refractivity contribution in [3.8, 4) is 5.75 Å². The molecule has 0 saturated carbocycles. The number of hydrogen-bond acceptors (Lipinski definition) is 8. The van der Waals surface area contributed by atoms with E-state index in [0.717, 1.165) is 12.0 Å². The van der Waals surface area contributed by atoms with E-state index >= 15 is 0 Å². The van der Waals surface area contributed by atoms with Gasteiger partial charge in [0.2, 0.25) is 0 Å². The molecule has 0 radical (unpaired) electrons. The van der Waals surface area contributed by atoms with Crippen molar-refractivity contribution >= 4 is 0 Å². The maximum Gasteiger partial charge on any atom is 0.345 e. The molecule has 2 heterocycles. The normalized spacial score (nSPS) is 24.6. The first-order chi connectivity index (χ1) is 19.7. The quantitative estimate of drug-likeness (QED) is 0.101. The molecule has 2 rings (SSSR count). The van der Waals surface area contributed by atoms with Gasteiger partial charge in [0, 0.05) is 12.5 Å². The monoisotopic (exact) mass is 590 g/mol. The van der Waals surface area contributed by atoms with Gasteiger partial charge in [-0.1, -0.05) is 88.3 Å². The van der Waals surface area contributed by atoms with Crippen LogP contribution in [-0.2, 0) is 10.2 Å². The Labute approximate surface area is 251 Å². The summed E-state index contributed by atoms with van der Waals surface area (Å²) in [5.74, 6) is 0.469. The molecule has 1 aliphatic rings. The third-order valence-electron chi connectivity index (χ3n) is 8.21. The van der Waals surface area contributed by atoms with E-state index in [-0.39, 0.29) is 23.7 Å². The van der Waals surface area contributed by atoms with Crippen molar-refractivity contribution in [2.24, 2.45) is 11.8 Å². The zero-order valence-corrected chi connectivity index (χ0v) is 26.5. The van der Waals surface area contributed by atoms with Gasteiger partial charge in [0.25, 0.3) is 0 Å². The fraction of sp³-hybridized carbons (Fsp3) is 0.676. The van der Waals surface area contributed by atoms with Crippen molar-refractivity contribution in [3.05, 3.63) is 63.3 Å². The lowest BCUT2D eigenvalue weighted by Crippen LogP contribution is -2.46. The summed E-state index contributed by atoms with van der Waals surface area (Å²) < 4.78 is 11.0. The zero-order valence-electron chi connectivity index (χ0n) is 26.5. The van der Waals surface area contributed by atoms with Crippen LogP contribution in [0.2, 0.25) is 0 Å². The Morgan fingerprint density at radius 3 is 2.45 bits per heavy atom. The number of aromatic hydroxyl groups is 1. The van der Waals surface area contributed by atoms with Gasteiger partial charge >= 0.3 is 5.63 Å². The van der Waals surface area contributed by atoms with Gasteiger partial charge in [-0.2, -0.15) is 0 Å². The lowest BCUT2D eigenvalue weighted by atomic mass is 9.82. The summed E-state index contributed by atoms with van der Waals surface area (Å²) in [6.45, 7) is 13.8. The zero-order chi connectivity index (χ0) is 31.6. The molecule has 0 amide bonds. The van der Waals surface area contributed by atoms with Crippen molar-refractivity contribution in [1.82, 2.24) is 0 Å². The number of aliphatic hydroxyl groups excluding tert-OH is 4. The average molecular weight is 591 g/mol. The maximum atomic E-state index is 12.9. The predicted molar refractivity (Wildman–Crippen MR) is 165 cm³/mol. The molecule has 1 aromatic rings. The van der Waals surface area contributed by atoms with Crippen LogP contribution in [0, 0.1) is 11.8 Å². The molecule has 0 bridgehead atoms. The van der Waals surface area contributed by atoms with Crippen LogP contribution in [0.15, 0.2) is 50.7 Å². The molecule has 1 aliphatic heterocycles. The standard InChI is InChI=1S/C34H54O8/c1-8-9-10-11-12-21(2)15-23(4)17-24(5)16-22(3)13-14-28(38)34(6,7)29-19-26(36)30(33(40)42-29)32-31(39)27(37)18-25(20-35)41-32/h13-14,16-17,19,21,24-25,27-28,31-32,35-39H,8-12,15,18,20H2,1-7H3/t21-,24-,25-,27-,28-,31+,32-/m0/s1. The Kier molecular flexibility index (Phi) is 14.2. The van der Waals surface area contributed by atoms with Crippen LogP contribution >= 0.6 is 0 Å². The van der Waals surface area contributed by atoms with Crippen molar-refractivity contribution in [1.29, 1.82) is 0 Å². The fourth-order valence-electron chi connectivity index (χ4n) is 5.62. The van der Waals surface area contributed by atoms with Gasteiger partial charge in [0.05, 0.1) is 30.3 Å². The number of allylic oxidation sites excluding steroid dienone is 5. The molecular weight excluding hydrogens is 536 g/mol. The molecule has 1 aromatic heterocycles. The Balaban J connectivity index is 2.10. The number of hydrogen-bond donors (Lipinski definition) is 5. The second-order valence-corrected chi connectivity index (χ2v) is 12.8. The van der Waals surface area contributed by atoms with Crippen molar-refractivity contribution < 1.29 is 34.7 Å². The van der Waals surface area contributed by atoms with Crippen molar-refractivity contribution in [2.45, 2.75) is 129 Å². The summed E-state index contributed by atoms with van der Waals surface area (Å²) in [5.41, 5.74) is -0.0159. The molecule has 1 fully saturated rings. The summed E-state index contributed by atoms with van der Waals surface area (Å²) in [4.78, 5) is 12.9. The predicted octanol–water partition coefficient (Wildman–Crippen LogP) is 5.61. The van der Waals surface area contributed by atoms with Crippen LogP contribution in [-0.4, -0.2) is 56.6 Å². The van der Waals surface area contributed by atoms with E-state index < -0.39 is 53.9 Å². The topological polar surface area (TPSA) is 141 Å². The van der Waals surface area contributed by atoms with E-state index in [1.54, 1.807) is 19.9 Å². The highest BCUT2D eigenvalue weighted by molar-refractivity contribution is 5.36. The number of unbranched alkanes of at least 4 members (excludes halogenated alkanes) is 3. The molecule has 0 aliphatic carbocycles. The highest BCUT2D eigenvalue weighted by Crippen LogP contribution is 2.37. The second kappa shape index (κ2) is 16.6. The summed E-state index contributed by atoms with van der Waals surface area (Å²) >= 11 is 0. The largest absolute Gasteiger partial charge is 0.507 e. The van der Waals surface area contributed by atoms with Gasteiger partial charge in [-0.3, -0.25) is 0 Å². The van der Waals surface area contributed by atoms with Gasteiger partial charge in [0.1, 0.15) is 29.3 Å². The summed E-state index contributed by atoms with van der Waals surface area (Å²) in [6, 6.07) is 1.22. The lowest BCUT2D eigenvalue weighted by Gasteiger charge is -2.36. The maximum absolute atomic E-state index is 12.9. The summed E-state index contributed by atoms with van der Waals surface area (Å²) in [6.07, 6.45) is 9.45.